The number of carbonyl (C=O) groups excluding carboxylic acids is 1. The van der Waals surface area contributed by atoms with Crippen LogP contribution in [0, 0.1) is 11.3 Å². The molecule has 2 aromatic carbocycles. The zero-order valence-corrected chi connectivity index (χ0v) is 28.6. The van der Waals surface area contributed by atoms with E-state index in [1.54, 1.807) is 6.07 Å². The lowest BCUT2D eigenvalue weighted by Gasteiger charge is -2.47. The molecule has 1 atom stereocenters. The van der Waals surface area contributed by atoms with E-state index in [0.717, 1.165) is 79.1 Å². The van der Waals surface area contributed by atoms with E-state index < -0.39 is 5.60 Å². The maximum atomic E-state index is 12.7. The van der Waals surface area contributed by atoms with Gasteiger partial charge in [0.1, 0.15) is 17.9 Å². The normalized spacial score (nSPS) is 18.8. The summed E-state index contributed by atoms with van der Waals surface area (Å²) in [6.07, 6.45) is 0.771. The van der Waals surface area contributed by atoms with E-state index in [4.69, 9.17) is 14.6 Å². The molecule has 1 unspecified atom stereocenters. The fraction of sp³-hybridized carbons (Fsp3) is 0.486. The van der Waals surface area contributed by atoms with Crippen molar-refractivity contribution in [2.75, 3.05) is 50.7 Å². The van der Waals surface area contributed by atoms with E-state index in [1.165, 1.54) is 6.07 Å². The van der Waals surface area contributed by atoms with Crippen molar-refractivity contribution in [3.05, 3.63) is 76.6 Å². The van der Waals surface area contributed by atoms with Crippen LogP contribution in [-0.4, -0.2) is 82.1 Å². The smallest absolute Gasteiger partial charge is 0.410 e. The number of piperidine rings is 1. The van der Waals surface area contributed by atoms with Crippen molar-refractivity contribution in [2.45, 2.75) is 53.2 Å². The summed E-state index contributed by atoms with van der Waals surface area (Å²) in [5.74, 6) is 0.923. The zero-order chi connectivity index (χ0) is 33.3. The predicted molar refractivity (Wildman–Crippen MR) is 186 cm³/mol. The molecule has 2 aliphatic rings. The van der Waals surface area contributed by atoms with Crippen molar-refractivity contribution in [3.8, 4) is 17.1 Å². The van der Waals surface area contributed by atoms with E-state index in [1.807, 2.05) is 67.7 Å². The Hall–Kier alpha value is -4.31. The number of ether oxygens (including phenoxy) is 2. The Labute approximate surface area is 277 Å². The van der Waals surface area contributed by atoms with Crippen molar-refractivity contribution in [3.63, 3.8) is 0 Å². The third kappa shape index (κ3) is 7.32. The number of para-hydroxylation sites is 1. The van der Waals surface area contributed by atoms with Gasteiger partial charge < -0.3 is 19.3 Å². The first kappa shape index (κ1) is 32.6. The van der Waals surface area contributed by atoms with Gasteiger partial charge in [0.25, 0.3) is 5.56 Å². The van der Waals surface area contributed by atoms with Crippen LogP contribution in [0.4, 0.5) is 10.5 Å². The fourth-order valence-electron chi connectivity index (χ4n) is 6.96. The molecule has 0 saturated carbocycles. The lowest BCUT2D eigenvalue weighted by Crippen LogP contribution is -2.54. The largest absolute Gasteiger partial charge is 0.474 e. The van der Waals surface area contributed by atoms with Gasteiger partial charge >= 0.3 is 6.09 Å². The Bertz CT molecular complexity index is 1770. The number of pyridine rings is 1. The molecule has 47 heavy (non-hydrogen) atoms. The number of anilines is 1. The minimum Gasteiger partial charge on any atom is -0.474 e. The molecule has 2 saturated heterocycles. The highest BCUT2D eigenvalue weighted by atomic mass is 16.6. The maximum absolute atomic E-state index is 12.7. The molecule has 2 fully saturated rings. The van der Waals surface area contributed by atoms with Gasteiger partial charge in [0.15, 0.2) is 0 Å². The summed E-state index contributed by atoms with van der Waals surface area (Å²) in [6, 6.07) is 19.6. The van der Waals surface area contributed by atoms with E-state index in [-0.39, 0.29) is 17.1 Å². The maximum Gasteiger partial charge on any atom is 0.410 e. The average Bonchev–Trinajstić information content (AvgIpc) is 3.37. The molecule has 4 aromatic rings. The number of fused-ring (bicyclic) bond motifs is 1. The highest BCUT2D eigenvalue weighted by Gasteiger charge is 2.40. The highest BCUT2D eigenvalue weighted by Crippen LogP contribution is 2.38. The number of amides is 1. The SMILES string of the molecule is Cn1nc(-c2ccc(=O)[nH]c2OCc2ccccc2)c2cccc(N3CCN(CC4CCN(C(=O)OC(C)(C)C)CC4(C)C)CC3)c21. The molecule has 6 rings (SSSR count). The molecule has 4 heterocycles. The second-order valence-corrected chi connectivity index (χ2v) is 14.6. The molecule has 0 radical (unpaired) electrons. The van der Waals surface area contributed by atoms with Crippen LogP contribution >= 0.6 is 0 Å². The van der Waals surface area contributed by atoms with Crippen molar-refractivity contribution in [1.82, 2.24) is 24.6 Å². The zero-order valence-electron chi connectivity index (χ0n) is 28.6. The number of hydrogen-bond donors (Lipinski definition) is 1. The van der Waals surface area contributed by atoms with Gasteiger partial charge in [-0.05, 0) is 56.2 Å². The number of likely N-dealkylation sites (tertiary alicyclic amines) is 1. The Balaban J connectivity index is 1.14. The topological polar surface area (TPSA) is 95.9 Å². The Morgan fingerprint density at radius 2 is 1.72 bits per heavy atom. The summed E-state index contributed by atoms with van der Waals surface area (Å²) in [5, 5.41) is 5.96. The number of benzene rings is 2. The Morgan fingerprint density at radius 1 is 0.979 bits per heavy atom. The molecule has 0 spiro atoms. The molecule has 1 amide bonds. The van der Waals surface area contributed by atoms with E-state index >= 15 is 0 Å². The van der Waals surface area contributed by atoms with Crippen molar-refractivity contribution < 1.29 is 14.3 Å². The van der Waals surface area contributed by atoms with Crippen LogP contribution in [-0.2, 0) is 18.4 Å². The highest BCUT2D eigenvalue weighted by molar-refractivity contribution is 6.01. The van der Waals surface area contributed by atoms with Gasteiger partial charge in [0, 0.05) is 64.3 Å². The number of hydrogen-bond acceptors (Lipinski definition) is 7. The number of nitrogens with zero attached hydrogens (tertiary/aromatic N) is 5. The number of rotatable bonds is 7. The summed E-state index contributed by atoms with van der Waals surface area (Å²) in [6.45, 7) is 16.9. The lowest BCUT2D eigenvalue weighted by molar-refractivity contribution is -0.0102. The first-order valence-electron chi connectivity index (χ1n) is 16.7. The van der Waals surface area contributed by atoms with Crippen LogP contribution in [0.15, 0.2) is 65.5 Å². The quantitative estimate of drug-likeness (QED) is 0.268. The summed E-state index contributed by atoms with van der Waals surface area (Å²) < 4.78 is 13.7. The standard InChI is InChI=1S/C37H48N6O4/c1-36(2,3)47-35(45)43-18-17-27(37(4,5)25-43)23-41-19-21-42(22-20-41)30-14-10-13-28-32(39-40(6)33(28)30)29-15-16-31(44)38-34(29)46-24-26-11-8-7-9-12-26/h7-16,27H,17-25H2,1-6H3,(H,38,44). The molecule has 0 bridgehead atoms. The van der Waals surface area contributed by atoms with Gasteiger partial charge in [-0.3, -0.25) is 19.4 Å². The van der Waals surface area contributed by atoms with Crippen LogP contribution in [0.2, 0.25) is 0 Å². The van der Waals surface area contributed by atoms with E-state index in [0.29, 0.717) is 24.9 Å². The molecule has 2 aromatic heterocycles. The minimum atomic E-state index is -0.485. The number of carbonyl (C=O) groups is 1. The number of nitrogens with one attached hydrogen (secondary N) is 1. The van der Waals surface area contributed by atoms with E-state index in [9.17, 15) is 9.59 Å². The van der Waals surface area contributed by atoms with E-state index in [2.05, 4.69) is 46.8 Å². The molecule has 0 aliphatic carbocycles. The van der Waals surface area contributed by atoms with Gasteiger partial charge in [-0.1, -0.05) is 56.3 Å². The third-order valence-corrected chi connectivity index (χ3v) is 9.50. The molecular weight excluding hydrogens is 592 g/mol. The minimum absolute atomic E-state index is 0.00831. The van der Waals surface area contributed by atoms with Crippen LogP contribution in [0.3, 0.4) is 0 Å². The molecule has 2 aliphatic heterocycles. The van der Waals surface area contributed by atoms with Crippen molar-refractivity contribution >= 4 is 22.7 Å². The first-order valence-corrected chi connectivity index (χ1v) is 16.7. The number of aryl methyl sites for hydroxylation is 1. The van der Waals surface area contributed by atoms with Crippen LogP contribution in [0.1, 0.15) is 46.6 Å². The monoisotopic (exact) mass is 640 g/mol. The number of aromatic nitrogens is 3. The second kappa shape index (κ2) is 13.1. The molecule has 10 nitrogen and oxygen atoms in total. The Kier molecular flexibility index (Phi) is 9.07. The van der Waals surface area contributed by atoms with Crippen molar-refractivity contribution in [2.24, 2.45) is 18.4 Å². The lowest BCUT2D eigenvalue weighted by atomic mass is 9.73. The summed E-state index contributed by atoms with van der Waals surface area (Å²) in [7, 11) is 1.98. The van der Waals surface area contributed by atoms with Crippen LogP contribution < -0.4 is 15.2 Å². The predicted octanol–water partition coefficient (Wildman–Crippen LogP) is 5.91. The number of aromatic amines is 1. The summed E-state index contributed by atoms with van der Waals surface area (Å²) in [5.41, 5.74) is 4.08. The summed E-state index contributed by atoms with van der Waals surface area (Å²) >= 11 is 0. The average molecular weight is 641 g/mol. The number of piperazine rings is 1. The molecule has 250 valence electrons. The molecular formula is C37H48N6O4. The summed E-state index contributed by atoms with van der Waals surface area (Å²) in [4.78, 5) is 34.9. The van der Waals surface area contributed by atoms with Crippen LogP contribution in [0.5, 0.6) is 5.88 Å². The molecule has 1 N–H and O–H groups in total. The Morgan fingerprint density at radius 3 is 2.43 bits per heavy atom. The number of H-pyrrole nitrogens is 1. The molecule has 10 heteroatoms. The van der Waals surface area contributed by atoms with Gasteiger partial charge in [-0.15, -0.1) is 0 Å². The van der Waals surface area contributed by atoms with Gasteiger partial charge in [0.2, 0.25) is 5.88 Å². The van der Waals surface area contributed by atoms with Crippen molar-refractivity contribution in [1.29, 1.82) is 0 Å². The fourth-order valence-corrected chi connectivity index (χ4v) is 6.96. The third-order valence-electron chi connectivity index (χ3n) is 9.50. The second-order valence-electron chi connectivity index (χ2n) is 14.6. The van der Waals surface area contributed by atoms with Gasteiger partial charge in [-0.25, -0.2) is 4.79 Å². The van der Waals surface area contributed by atoms with Gasteiger partial charge in [-0.2, -0.15) is 5.10 Å². The van der Waals surface area contributed by atoms with Crippen LogP contribution in [0.25, 0.3) is 22.2 Å². The van der Waals surface area contributed by atoms with Gasteiger partial charge in [0.05, 0.1) is 16.8 Å². The first-order chi connectivity index (χ1) is 22.4.